The van der Waals surface area contributed by atoms with Crippen LogP contribution in [-0.2, 0) is 6.42 Å². The molecule has 1 aromatic carbocycles. The van der Waals surface area contributed by atoms with Crippen LogP contribution in [0.4, 0.5) is 5.82 Å². The smallest absolute Gasteiger partial charge is 0.140 e. The van der Waals surface area contributed by atoms with Gasteiger partial charge < -0.3 is 10.1 Å². The average molecular weight is 386 g/mol. The Hall–Kier alpha value is -1.07. The van der Waals surface area contributed by atoms with Gasteiger partial charge in [0.25, 0.3) is 0 Å². The fourth-order valence-electron chi connectivity index (χ4n) is 1.70. The molecule has 3 nitrogen and oxygen atoms in total. The van der Waals surface area contributed by atoms with Crippen LogP contribution in [-0.4, -0.2) is 18.6 Å². The molecule has 0 spiro atoms. The van der Waals surface area contributed by atoms with Gasteiger partial charge in [-0.15, -0.1) is 0 Å². The van der Waals surface area contributed by atoms with E-state index in [1.54, 1.807) is 13.3 Å². The average Bonchev–Trinajstić information content (AvgIpc) is 2.41. The Kier molecular flexibility index (Phi) is 5.22. The summed E-state index contributed by atoms with van der Waals surface area (Å²) in [5.41, 5.74) is 1.24. The van der Waals surface area contributed by atoms with Crippen LogP contribution in [0, 0.1) is 0 Å². The first-order valence-corrected chi connectivity index (χ1v) is 7.45. The molecule has 0 aliphatic heterocycles. The molecule has 0 amide bonds. The van der Waals surface area contributed by atoms with Crippen LogP contribution in [0.1, 0.15) is 5.56 Å². The van der Waals surface area contributed by atoms with Crippen LogP contribution in [0.3, 0.4) is 0 Å². The highest BCUT2D eigenvalue weighted by Crippen LogP contribution is 2.23. The topological polar surface area (TPSA) is 34.1 Å². The van der Waals surface area contributed by atoms with Gasteiger partial charge in [-0.3, -0.25) is 0 Å². The summed E-state index contributed by atoms with van der Waals surface area (Å²) in [5, 5.41) is 3.31. The van der Waals surface area contributed by atoms with E-state index >= 15 is 0 Å². The molecular formula is C14H14Br2N2O. The molecule has 0 radical (unpaired) electrons. The third-order valence-corrected chi connectivity index (χ3v) is 3.69. The van der Waals surface area contributed by atoms with Crippen LogP contribution in [0.25, 0.3) is 0 Å². The van der Waals surface area contributed by atoms with Crippen LogP contribution >= 0.6 is 31.9 Å². The predicted molar refractivity (Wildman–Crippen MR) is 84.8 cm³/mol. The van der Waals surface area contributed by atoms with Crippen molar-refractivity contribution in [3.05, 3.63) is 51.0 Å². The molecule has 0 fully saturated rings. The Balaban J connectivity index is 1.92. The van der Waals surface area contributed by atoms with Crippen molar-refractivity contribution < 1.29 is 4.74 Å². The lowest BCUT2D eigenvalue weighted by Crippen LogP contribution is -2.06. The van der Waals surface area contributed by atoms with Crippen LogP contribution < -0.4 is 10.1 Å². The fraction of sp³-hybridized carbons (Fsp3) is 0.214. The Morgan fingerprint density at radius 3 is 2.84 bits per heavy atom. The van der Waals surface area contributed by atoms with Crippen molar-refractivity contribution in [3.63, 3.8) is 0 Å². The number of rotatable bonds is 5. The zero-order valence-electron chi connectivity index (χ0n) is 10.5. The second-order valence-corrected chi connectivity index (χ2v) is 5.78. The second-order valence-electron chi connectivity index (χ2n) is 4.01. The summed E-state index contributed by atoms with van der Waals surface area (Å²) < 4.78 is 7.11. The minimum Gasteiger partial charge on any atom is -0.497 e. The quantitative estimate of drug-likeness (QED) is 0.834. The number of anilines is 1. The van der Waals surface area contributed by atoms with Gasteiger partial charge in [0.2, 0.25) is 0 Å². The van der Waals surface area contributed by atoms with E-state index in [0.29, 0.717) is 0 Å². The van der Waals surface area contributed by atoms with Gasteiger partial charge in [-0.1, -0.05) is 12.1 Å². The molecule has 0 aliphatic rings. The van der Waals surface area contributed by atoms with E-state index in [2.05, 4.69) is 48.2 Å². The maximum absolute atomic E-state index is 5.21. The largest absolute Gasteiger partial charge is 0.497 e. The molecule has 0 unspecified atom stereocenters. The summed E-state index contributed by atoms with van der Waals surface area (Å²) in [4.78, 5) is 4.31. The maximum Gasteiger partial charge on any atom is 0.140 e. The zero-order chi connectivity index (χ0) is 13.7. The molecule has 0 aliphatic carbocycles. The standard InChI is InChI=1S/C14H14Br2N2O/c1-19-12-4-2-3-10(7-12)5-6-17-14-13(16)8-11(15)9-18-14/h2-4,7-9H,5-6H2,1H3,(H,17,18). The lowest BCUT2D eigenvalue weighted by molar-refractivity contribution is 0.414. The molecule has 2 rings (SSSR count). The molecule has 100 valence electrons. The summed E-state index contributed by atoms with van der Waals surface area (Å²) in [7, 11) is 1.68. The molecule has 0 bridgehead atoms. The van der Waals surface area contributed by atoms with Crippen LogP contribution in [0.2, 0.25) is 0 Å². The van der Waals surface area contributed by atoms with Crippen molar-refractivity contribution in [2.24, 2.45) is 0 Å². The van der Waals surface area contributed by atoms with Crippen molar-refractivity contribution >= 4 is 37.7 Å². The molecule has 0 saturated heterocycles. The monoisotopic (exact) mass is 384 g/mol. The fourth-order valence-corrected chi connectivity index (χ4v) is 2.83. The first-order valence-electron chi connectivity index (χ1n) is 5.87. The number of methoxy groups -OCH3 is 1. The Bertz CT molecular complexity index is 561. The summed E-state index contributed by atoms with van der Waals surface area (Å²) >= 11 is 6.86. The van der Waals surface area contributed by atoms with Gasteiger partial charge in [-0.25, -0.2) is 4.98 Å². The molecule has 1 N–H and O–H groups in total. The normalized spacial score (nSPS) is 10.3. The summed E-state index contributed by atoms with van der Waals surface area (Å²) in [6.07, 6.45) is 2.69. The van der Waals surface area contributed by atoms with E-state index < -0.39 is 0 Å². The SMILES string of the molecule is COc1cccc(CCNc2ncc(Br)cc2Br)c1. The second kappa shape index (κ2) is 6.91. The number of halogens is 2. The van der Waals surface area contributed by atoms with Gasteiger partial charge in [0.05, 0.1) is 11.6 Å². The number of nitrogens with one attached hydrogen (secondary N) is 1. The van der Waals surface area contributed by atoms with Crippen molar-refractivity contribution in [2.45, 2.75) is 6.42 Å². The van der Waals surface area contributed by atoms with Gasteiger partial charge in [-0.2, -0.15) is 0 Å². The Morgan fingerprint density at radius 1 is 1.26 bits per heavy atom. The van der Waals surface area contributed by atoms with E-state index in [9.17, 15) is 0 Å². The summed E-state index contributed by atoms with van der Waals surface area (Å²) in [6, 6.07) is 10.1. The maximum atomic E-state index is 5.21. The third-order valence-electron chi connectivity index (χ3n) is 2.65. The highest BCUT2D eigenvalue weighted by Gasteiger charge is 2.02. The predicted octanol–water partition coefficient (Wildman–Crippen LogP) is 4.27. The minimum atomic E-state index is 0.820. The van der Waals surface area contributed by atoms with E-state index in [1.165, 1.54) is 5.56 Å². The van der Waals surface area contributed by atoms with Gasteiger partial charge in [0.1, 0.15) is 11.6 Å². The molecule has 0 saturated carbocycles. The van der Waals surface area contributed by atoms with Gasteiger partial charge in [0, 0.05) is 17.2 Å². The third kappa shape index (κ3) is 4.21. The molecule has 5 heteroatoms. The lowest BCUT2D eigenvalue weighted by atomic mass is 10.1. The minimum absolute atomic E-state index is 0.820. The van der Waals surface area contributed by atoms with E-state index in [1.807, 2.05) is 24.3 Å². The number of benzene rings is 1. The van der Waals surface area contributed by atoms with Crippen LogP contribution in [0.15, 0.2) is 45.5 Å². The Labute approximate surface area is 129 Å². The number of pyridine rings is 1. The highest BCUT2D eigenvalue weighted by molar-refractivity contribution is 9.11. The number of ether oxygens (including phenoxy) is 1. The molecular weight excluding hydrogens is 372 g/mol. The first-order chi connectivity index (χ1) is 9.19. The molecule has 1 heterocycles. The number of hydrogen-bond donors (Lipinski definition) is 1. The van der Waals surface area contributed by atoms with Crippen molar-refractivity contribution in [2.75, 3.05) is 19.0 Å². The van der Waals surface area contributed by atoms with E-state index in [0.717, 1.165) is 33.5 Å². The van der Waals surface area contributed by atoms with Gasteiger partial charge >= 0.3 is 0 Å². The van der Waals surface area contributed by atoms with E-state index in [-0.39, 0.29) is 0 Å². The zero-order valence-corrected chi connectivity index (χ0v) is 13.7. The summed E-state index contributed by atoms with van der Waals surface area (Å²) in [5.74, 6) is 1.74. The molecule has 0 atom stereocenters. The first kappa shape index (κ1) is 14.3. The number of aromatic nitrogens is 1. The van der Waals surface area contributed by atoms with Gasteiger partial charge in [0.15, 0.2) is 0 Å². The van der Waals surface area contributed by atoms with Crippen LogP contribution in [0.5, 0.6) is 5.75 Å². The number of hydrogen-bond acceptors (Lipinski definition) is 3. The molecule has 2 aromatic rings. The lowest BCUT2D eigenvalue weighted by Gasteiger charge is -2.08. The van der Waals surface area contributed by atoms with Crippen molar-refractivity contribution in [1.82, 2.24) is 4.98 Å². The highest BCUT2D eigenvalue weighted by atomic mass is 79.9. The van der Waals surface area contributed by atoms with Gasteiger partial charge in [-0.05, 0) is 62.0 Å². The molecule has 19 heavy (non-hydrogen) atoms. The van der Waals surface area contributed by atoms with Crippen molar-refractivity contribution in [1.29, 1.82) is 0 Å². The van der Waals surface area contributed by atoms with Crippen molar-refractivity contribution in [3.8, 4) is 5.75 Å². The Morgan fingerprint density at radius 2 is 2.11 bits per heavy atom. The number of nitrogens with zero attached hydrogens (tertiary/aromatic N) is 1. The van der Waals surface area contributed by atoms with E-state index in [4.69, 9.17) is 4.74 Å². The summed E-state index contributed by atoms with van der Waals surface area (Å²) in [6.45, 7) is 0.820. The molecule has 1 aromatic heterocycles.